The van der Waals surface area contributed by atoms with Gasteiger partial charge in [0.05, 0.1) is 26.2 Å². The maximum Gasteiger partial charge on any atom is 0.315 e. The summed E-state index contributed by atoms with van der Waals surface area (Å²) in [5.74, 6) is 1.34. The third-order valence-electron chi connectivity index (χ3n) is 6.29. The van der Waals surface area contributed by atoms with Crippen LogP contribution in [0.25, 0.3) is 11.1 Å². The summed E-state index contributed by atoms with van der Waals surface area (Å²) in [4.78, 5) is 25.2. The van der Waals surface area contributed by atoms with Crippen LogP contribution in [0.1, 0.15) is 62.9 Å². The molecule has 0 amide bonds. The predicted molar refractivity (Wildman–Crippen MR) is 127 cm³/mol. The van der Waals surface area contributed by atoms with E-state index in [9.17, 15) is 9.59 Å². The van der Waals surface area contributed by atoms with Crippen LogP contribution in [0.4, 0.5) is 0 Å². The molecular formula is C27H34O6. The Morgan fingerprint density at radius 2 is 1.70 bits per heavy atom. The Morgan fingerprint density at radius 3 is 2.33 bits per heavy atom. The third kappa shape index (κ3) is 4.70. The molecule has 2 aromatic carbocycles. The van der Waals surface area contributed by atoms with Crippen LogP contribution in [0.2, 0.25) is 0 Å². The first-order valence-electron chi connectivity index (χ1n) is 11.5. The number of esters is 1. The number of hydrogen-bond acceptors (Lipinski definition) is 6. The lowest BCUT2D eigenvalue weighted by molar-refractivity contribution is -0.159. The molecule has 1 unspecified atom stereocenters. The largest absolute Gasteiger partial charge is 0.493 e. The van der Waals surface area contributed by atoms with Gasteiger partial charge in [-0.25, -0.2) is 0 Å². The second-order valence-electron chi connectivity index (χ2n) is 8.77. The van der Waals surface area contributed by atoms with Crippen molar-refractivity contribution in [3.8, 4) is 28.4 Å². The number of ether oxygens (including phenoxy) is 4. The number of carbonyl (C=O) groups is 2. The standard InChI is InChI=1S/C27H34O6/c1-7-10-23(27(3,4)26(29)32-8-2)33-24-20(14-16-22(30-5)25(24)31-6)17-11-9-12-19-18(17)13-15-21(19)28/h9,11-12,14,16,23H,7-8,10,13,15H2,1-6H3. The molecule has 6 nitrogen and oxygen atoms in total. The van der Waals surface area contributed by atoms with Crippen molar-refractivity contribution < 1.29 is 28.5 Å². The maximum atomic E-state index is 12.8. The van der Waals surface area contributed by atoms with Gasteiger partial charge in [-0.15, -0.1) is 0 Å². The summed E-state index contributed by atoms with van der Waals surface area (Å²) in [6.07, 6.45) is 2.20. The summed E-state index contributed by atoms with van der Waals surface area (Å²) >= 11 is 0. The molecule has 1 aliphatic rings. The first-order chi connectivity index (χ1) is 15.8. The molecule has 0 N–H and O–H groups in total. The van der Waals surface area contributed by atoms with Gasteiger partial charge in [-0.2, -0.15) is 0 Å². The molecular weight excluding hydrogens is 420 g/mol. The highest BCUT2D eigenvalue weighted by Gasteiger charge is 2.41. The molecule has 0 saturated heterocycles. The third-order valence-corrected chi connectivity index (χ3v) is 6.29. The highest BCUT2D eigenvalue weighted by atomic mass is 16.6. The van der Waals surface area contributed by atoms with E-state index >= 15 is 0 Å². The molecule has 33 heavy (non-hydrogen) atoms. The summed E-state index contributed by atoms with van der Waals surface area (Å²) in [5.41, 5.74) is 2.62. The number of hydrogen-bond donors (Lipinski definition) is 0. The summed E-state index contributed by atoms with van der Waals surface area (Å²) in [6, 6.07) is 9.53. The van der Waals surface area contributed by atoms with Crippen LogP contribution in [0.5, 0.6) is 17.2 Å². The Labute approximate surface area is 196 Å². The molecule has 1 atom stereocenters. The van der Waals surface area contributed by atoms with Gasteiger partial charge in [0.15, 0.2) is 17.3 Å². The summed E-state index contributed by atoms with van der Waals surface area (Å²) in [5, 5.41) is 0. The average Bonchev–Trinajstić information content (AvgIpc) is 3.19. The van der Waals surface area contributed by atoms with Gasteiger partial charge < -0.3 is 18.9 Å². The molecule has 0 saturated carbocycles. The number of ketones is 1. The number of carbonyl (C=O) groups excluding carboxylic acids is 2. The number of methoxy groups -OCH3 is 2. The maximum absolute atomic E-state index is 12.8. The van der Waals surface area contributed by atoms with E-state index in [2.05, 4.69) is 6.92 Å². The van der Waals surface area contributed by atoms with Gasteiger partial charge in [-0.3, -0.25) is 9.59 Å². The van der Waals surface area contributed by atoms with Crippen LogP contribution in [0.3, 0.4) is 0 Å². The van der Waals surface area contributed by atoms with Crippen LogP contribution in [0.15, 0.2) is 30.3 Å². The number of Topliss-reactive ketones (excluding diaryl/α,β-unsaturated/α-hetero) is 1. The Morgan fingerprint density at radius 1 is 0.970 bits per heavy atom. The Balaban J connectivity index is 2.18. The van der Waals surface area contributed by atoms with E-state index in [0.717, 1.165) is 28.7 Å². The first-order valence-corrected chi connectivity index (χ1v) is 11.5. The SMILES string of the molecule is CCCC(Oc1c(-c2cccc3c2CCC3=O)ccc(OC)c1OC)C(C)(C)C(=O)OCC. The fourth-order valence-corrected chi connectivity index (χ4v) is 4.39. The van der Waals surface area contributed by atoms with Gasteiger partial charge in [0, 0.05) is 17.5 Å². The minimum Gasteiger partial charge on any atom is -0.493 e. The predicted octanol–water partition coefficient (Wildman–Crippen LogP) is 5.64. The molecule has 2 aromatic rings. The van der Waals surface area contributed by atoms with Crippen LogP contribution in [0, 0.1) is 5.41 Å². The van der Waals surface area contributed by atoms with E-state index < -0.39 is 11.5 Å². The Bertz CT molecular complexity index is 1020. The lowest BCUT2D eigenvalue weighted by Gasteiger charge is -2.33. The number of benzene rings is 2. The normalized spacial score (nSPS) is 13.9. The molecule has 0 spiro atoms. The van der Waals surface area contributed by atoms with E-state index in [-0.39, 0.29) is 11.8 Å². The second-order valence-corrected chi connectivity index (χ2v) is 8.77. The van der Waals surface area contributed by atoms with Crippen molar-refractivity contribution in [3.05, 3.63) is 41.5 Å². The topological polar surface area (TPSA) is 71.1 Å². The van der Waals surface area contributed by atoms with Crippen LogP contribution in [-0.4, -0.2) is 38.7 Å². The first kappa shape index (κ1) is 24.6. The summed E-state index contributed by atoms with van der Waals surface area (Å²) < 4.78 is 23.3. The monoisotopic (exact) mass is 454 g/mol. The van der Waals surface area contributed by atoms with E-state index in [1.807, 2.05) is 44.2 Å². The molecule has 0 aliphatic heterocycles. The van der Waals surface area contributed by atoms with Crippen molar-refractivity contribution in [2.75, 3.05) is 20.8 Å². The van der Waals surface area contributed by atoms with Gasteiger partial charge in [0.2, 0.25) is 5.75 Å². The number of fused-ring (bicyclic) bond motifs is 1. The highest BCUT2D eigenvalue weighted by Crippen LogP contribution is 2.48. The zero-order valence-electron chi connectivity index (χ0n) is 20.4. The van der Waals surface area contributed by atoms with Crippen molar-refractivity contribution in [2.45, 2.75) is 59.5 Å². The van der Waals surface area contributed by atoms with Gasteiger partial charge in [0.1, 0.15) is 6.10 Å². The van der Waals surface area contributed by atoms with Gasteiger partial charge >= 0.3 is 5.97 Å². The second kappa shape index (κ2) is 10.3. The van der Waals surface area contributed by atoms with Crippen molar-refractivity contribution in [3.63, 3.8) is 0 Å². The molecule has 0 heterocycles. The van der Waals surface area contributed by atoms with Gasteiger partial charge in [-0.1, -0.05) is 31.5 Å². The van der Waals surface area contributed by atoms with Crippen LogP contribution in [-0.2, 0) is 16.0 Å². The van der Waals surface area contributed by atoms with Crippen LogP contribution < -0.4 is 14.2 Å². The van der Waals surface area contributed by atoms with E-state index in [0.29, 0.717) is 43.1 Å². The van der Waals surface area contributed by atoms with Gasteiger partial charge in [-0.05, 0) is 56.9 Å². The molecule has 178 valence electrons. The lowest BCUT2D eigenvalue weighted by atomic mass is 9.84. The fraction of sp³-hybridized carbons (Fsp3) is 0.481. The Kier molecular flexibility index (Phi) is 7.67. The Hall–Kier alpha value is -3.02. The van der Waals surface area contributed by atoms with Crippen molar-refractivity contribution in [2.24, 2.45) is 5.41 Å². The average molecular weight is 455 g/mol. The van der Waals surface area contributed by atoms with Crippen LogP contribution >= 0.6 is 0 Å². The summed E-state index contributed by atoms with van der Waals surface area (Å²) in [7, 11) is 3.14. The molecule has 0 radical (unpaired) electrons. The fourth-order valence-electron chi connectivity index (χ4n) is 4.39. The van der Waals surface area contributed by atoms with E-state index in [1.54, 1.807) is 21.1 Å². The lowest BCUT2D eigenvalue weighted by Crippen LogP contribution is -2.42. The minimum atomic E-state index is -0.883. The van der Waals surface area contributed by atoms with Crippen molar-refractivity contribution >= 4 is 11.8 Å². The zero-order valence-corrected chi connectivity index (χ0v) is 20.4. The van der Waals surface area contributed by atoms with Crippen molar-refractivity contribution in [1.29, 1.82) is 0 Å². The number of rotatable bonds is 10. The van der Waals surface area contributed by atoms with Crippen molar-refractivity contribution in [1.82, 2.24) is 0 Å². The molecule has 3 rings (SSSR count). The molecule has 0 bridgehead atoms. The van der Waals surface area contributed by atoms with E-state index in [1.165, 1.54) is 0 Å². The highest BCUT2D eigenvalue weighted by molar-refractivity contribution is 6.02. The minimum absolute atomic E-state index is 0.155. The van der Waals surface area contributed by atoms with E-state index in [4.69, 9.17) is 18.9 Å². The molecule has 0 fully saturated rings. The smallest absolute Gasteiger partial charge is 0.315 e. The molecule has 6 heteroatoms. The summed E-state index contributed by atoms with van der Waals surface area (Å²) in [6.45, 7) is 7.84. The van der Waals surface area contributed by atoms with Gasteiger partial charge in [0.25, 0.3) is 0 Å². The quantitative estimate of drug-likeness (QED) is 0.433. The molecule has 1 aliphatic carbocycles. The molecule has 0 aromatic heterocycles. The zero-order chi connectivity index (χ0) is 24.2.